The van der Waals surface area contributed by atoms with Crippen LogP contribution in [0.1, 0.15) is 31.4 Å². The average Bonchev–Trinajstić information content (AvgIpc) is 2.65. The summed E-state index contributed by atoms with van der Waals surface area (Å²) in [7, 11) is 0. The van der Waals surface area contributed by atoms with Gasteiger partial charge in [0, 0.05) is 29.6 Å². The Kier molecular flexibility index (Phi) is 7.63. The number of benzene rings is 2. The first-order valence-electron chi connectivity index (χ1n) is 8.57. The van der Waals surface area contributed by atoms with Crippen LogP contribution in [0.15, 0.2) is 42.5 Å². The highest BCUT2D eigenvalue weighted by Gasteiger charge is 2.25. The highest BCUT2D eigenvalue weighted by atomic mass is 35.5. The normalized spacial score (nSPS) is 11.7. The average molecular weight is 411 g/mol. The van der Waals surface area contributed by atoms with Crippen molar-refractivity contribution >= 4 is 35.0 Å². The van der Waals surface area contributed by atoms with Crippen LogP contribution in [-0.4, -0.2) is 22.8 Å². The summed E-state index contributed by atoms with van der Waals surface area (Å²) in [4.78, 5) is 26.4. The van der Waals surface area contributed by atoms with E-state index in [1.807, 2.05) is 0 Å². The molecule has 0 aromatic heterocycles. The number of halogens is 3. The summed E-state index contributed by atoms with van der Waals surface area (Å²) in [5.74, 6) is -0.811. The van der Waals surface area contributed by atoms with Gasteiger partial charge in [0.05, 0.1) is 0 Å². The van der Waals surface area contributed by atoms with Gasteiger partial charge in [0.1, 0.15) is 11.9 Å². The van der Waals surface area contributed by atoms with E-state index in [0.29, 0.717) is 10.0 Å². The van der Waals surface area contributed by atoms with E-state index in [4.69, 9.17) is 23.2 Å². The summed E-state index contributed by atoms with van der Waals surface area (Å²) in [6.07, 6.45) is 0.266. The monoisotopic (exact) mass is 410 g/mol. The van der Waals surface area contributed by atoms with Crippen molar-refractivity contribution in [3.63, 3.8) is 0 Å². The Balaban J connectivity index is 2.06. The Morgan fingerprint density at radius 3 is 2.41 bits per heavy atom. The third-order valence-corrected chi connectivity index (χ3v) is 4.79. The largest absolute Gasteiger partial charge is 0.350 e. The highest BCUT2D eigenvalue weighted by molar-refractivity contribution is 6.35. The fourth-order valence-electron chi connectivity index (χ4n) is 2.57. The van der Waals surface area contributed by atoms with E-state index in [1.165, 1.54) is 17.0 Å². The zero-order valence-electron chi connectivity index (χ0n) is 15.1. The summed E-state index contributed by atoms with van der Waals surface area (Å²) in [5.41, 5.74) is 1.48. The van der Waals surface area contributed by atoms with Gasteiger partial charge in [-0.1, -0.05) is 48.3 Å². The minimum atomic E-state index is -0.687. The van der Waals surface area contributed by atoms with Crippen LogP contribution >= 0.6 is 23.2 Å². The Hall–Kier alpha value is -2.11. The fourth-order valence-corrected chi connectivity index (χ4v) is 3.04. The van der Waals surface area contributed by atoms with Crippen LogP contribution in [0.25, 0.3) is 0 Å². The van der Waals surface area contributed by atoms with Crippen molar-refractivity contribution < 1.29 is 14.0 Å². The highest BCUT2D eigenvalue weighted by Crippen LogP contribution is 2.21. The number of hydrogen-bond donors (Lipinski definition) is 1. The molecule has 2 rings (SSSR count). The van der Waals surface area contributed by atoms with Crippen LogP contribution in [0, 0.1) is 5.82 Å². The van der Waals surface area contributed by atoms with Crippen molar-refractivity contribution in [3.05, 3.63) is 69.5 Å². The number of carbonyl (C=O) groups excluding carboxylic acids is 2. The van der Waals surface area contributed by atoms with E-state index in [-0.39, 0.29) is 37.1 Å². The third kappa shape index (κ3) is 5.94. The van der Waals surface area contributed by atoms with Gasteiger partial charge >= 0.3 is 0 Å². The first-order valence-corrected chi connectivity index (χ1v) is 9.33. The molecular weight excluding hydrogens is 390 g/mol. The lowest BCUT2D eigenvalue weighted by Crippen LogP contribution is -2.47. The first kappa shape index (κ1) is 21.2. The molecule has 0 spiro atoms. The maximum Gasteiger partial charge on any atom is 0.242 e. The van der Waals surface area contributed by atoms with Crippen molar-refractivity contribution in [2.75, 3.05) is 0 Å². The molecule has 4 nitrogen and oxygen atoms in total. The van der Waals surface area contributed by atoms with E-state index >= 15 is 0 Å². The lowest BCUT2D eigenvalue weighted by Gasteiger charge is -2.28. The number of amides is 2. The van der Waals surface area contributed by atoms with Gasteiger partial charge < -0.3 is 10.2 Å². The van der Waals surface area contributed by atoms with E-state index in [1.54, 1.807) is 44.2 Å². The second-order valence-electron chi connectivity index (χ2n) is 6.13. The van der Waals surface area contributed by atoms with Gasteiger partial charge in [-0.3, -0.25) is 9.59 Å². The molecule has 1 N–H and O–H groups in total. The van der Waals surface area contributed by atoms with Gasteiger partial charge in [0.2, 0.25) is 11.8 Å². The van der Waals surface area contributed by atoms with Crippen molar-refractivity contribution in [2.45, 2.75) is 39.4 Å². The van der Waals surface area contributed by atoms with Gasteiger partial charge in [0.25, 0.3) is 0 Å². The number of carbonyl (C=O) groups is 2. The zero-order chi connectivity index (χ0) is 20.0. The Bertz CT molecular complexity index is 812. The fraction of sp³-hybridized carbons (Fsp3) is 0.300. The minimum Gasteiger partial charge on any atom is -0.350 e. The van der Waals surface area contributed by atoms with E-state index in [0.717, 1.165) is 11.1 Å². The molecule has 2 aromatic carbocycles. The van der Waals surface area contributed by atoms with Crippen LogP contribution in [0.5, 0.6) is 0 Å². The van der Waals surface area contributed by atoms with E-state index in [9.17, 15) is 14.0 Å². The number of nitrogens with one attached hydrogen (secondary N) is 1. The van der Waals surface area contributed by atoms with Gasteiger partial charge in [-0.15, -0.1) is 0 Å². The lowest BCUT2D eigenvalue weighted by molar-refractivity contribution is -0.140. The predicted octanol–water partition coefficient (Wildman–Crippen LogP) is 4.58. The molecular formula is C20H21Cl2FN2O2. The molecule has 0 saturated carbocycles. The molecule has 27 heavy (non-hydrogen) atoms. The molecule has 2 amide bonds. The summed E-state index contributed by atoms with van der Waals surface area (Å²) in [5, 5.41) is 3.77. The van der Waals surface area contributed by atoms with E-state index < -0.39 is 6.04 Å². The maximum absolute atomic E-state index is 13.1. The topological polar surface area (TPSA) is 49.4 Å². The molecule has 0 saturated heterocycles. The molecule has 0 bridgehead atoms. The number of nitrogens with zero attached hydrogens (tertiary/aromatic N) is 1. The summed E-state index contributed by atoms with van der Waals surface area (Å²) in [6.45, 7) is 3.85. The number of rotatable bonds is 7. The lowest BCUT2D eigenvalue weighted by atomic mass is 10.1. The van der Waals surface area contributed by atoms with Gasteiger partial charge in [-0.25, -0.2) is 4.39 Å². The van der Waals surface area contributed by atoms with Gasteiger partial charge in [-0.05, 0) is 42.3 Å². The molecule has 1 atom stereocenters. The molecule has 0 aliphatic heterocycles. The molecule has 2 aromatic rings. The minimum absolute atomic E-state index is 0.161. The molecule has 144 valence electrons. The molecule has 0 aliphatic carbocycles. The van der Waals surface area contributed by atoms with Crippen molar-refractivity contribution in [3.8, 4) is 0 Å². The van der Waals surface area contributed by atoms with E-state index in [2.05, 4.69) is 5.32 Å². The standard InChI is InChI=1S/C20H21Cl2FN2O2/c1-3-19(26)25(12-14-4-8-17(23)9-5-14)13(2)20(27)24-11-15-6-7-16(21)10-18(15)22/h4-10,13H,3,11-12H2,1-2H3,(H,24,27). The summed E-state index contributed by atoms with van der Waals surface area (Å²) >= 11 is 12.0. The second-order valence-corrected chi connectivity index (χ2v) is 6.97. The predicted molar refractivity (Wildman–Crippen MR) is 105 cm³/mol. The Labute approximate surface area is 168 Å². The van der Waals surface area contributed by atoms with Crippen LogP contribution in [0.4, 0.5) is 4.39 Å². The van der Waals surface area contributed by atoms with Gasteiger partial charge in [0.15, 0.2) is 0 Å². The molecule has 7 heteroatoms. The Morgan fingerprint density at radius 1 is 1.15 bits per heavy atom. The molecule has 1 unspecified atom stereocenters. The smallest absolute Gasteiger partial charge is 0.242 e. The van der Waals surface area contributed by atoms with Crippen molar-refractivity contribution in [1.82, 2.24) is 10.2 Å². The summed E-state index contributed by atoms with van der Waals surface area (Å²) in [6, 6.07) is 10.2. The maximum atomic E-state index is 13.1. The van der Waals surface area contributed by atoms with Crippen molar-refractivity contribution in [1.29, 1.82) is 0 Å². The van der Waals surface area contributed by atoms with Crippen LogP contribution in [0.3, 0.4) is 0 Å². The number of hydrogen-bond acceptors (Lipinski definition) is 2. The third-order valence-electron chi connectivity index (χ3n) is 4.20. The molecule has 0 aliphatic rings. The van der Waals surface area contributed by atoms with Crippen LogP contribution in [-0.2, 0) is 22.7 Å². The zero-order valence-corrected chi connectivity index (χ0v) is 16.6. The molecule has 0 radical (unpaired) electrons. The first-order chi connectivity index (χ1) is 12.8. The van der Waals surface area contributed by atoms with Crippen LogP contribution < -0.4 is 5.32 Å². The SMILES string of the molecule is CCC(=O)N(Cc1ccc(F)cc1)C(C)C(=O)NCc1ccc(Cl)cc1Cl. The molecule has 0 fully saturated rings. The van der Waals surface area contributed by atoms with Crippen LogP contribution in [0.2, 0.25) is 10.0 Å². The molecule has 0 heterocycles. The van der Waals surface area contributed by atoms with Crippen molar-refractivity contribution in [2.24, 2.45) is 0 Å². The van der Waals surface area contributed by atoms with Gasteiger partial charge in [-0.2, -0.15) is 0 Å². The quantitative estimate of drug-likeness (QED) is 0.726. The Morgan fingerprint density at radius 2 is 1.81 bits per heavy atom. The second kappa shape index (κ2) is 9.72. The summed E-state index contributed by atoms with van der Waals surface area (Å²) < 4.78 is 13.1.